The first kappa shape index (κ1) is 33.5. The Bertz CT molecular complexity index is 1380. The number of carbonyl (C=O) groups excluding carboxylic acids is 4. The van der Waals surface area contributed by atoms with Gasteiger partial charge >= 0.3 is 19.7 Å². The zero-order chi connectivity index (χ0) is 31.7. The van der Waals surface area contributed by atoms with Gasteiger partial charge in [0.1, 0.15) is 18.1 Å². The lowest BCUT2D eigenvalue weighted by molar-refractivity contribution is -0.149. The maximum absolute atomic E-state index is 14.0. The molecule has 3 rings (SSSR count). The average molecular weight is 623 g/mol. The number of nitrogens with two attached hydrogens (primary N) is 1. The van der Waals surface area contributed by atoms with E-state index in [4.69, 9.17) is 29.0 Å². The Hall–Kier alpha value is -4.04. The van der Waals surface area contributed by atoms with E-state index in [2.05, 4.69) is 10.1 Å². The number of hydrogen-bond donors (Lipinski definition) is 3. The van der Waals surface area contributed by atoms with Crippen molar-refractivity contribution in [2.75, 3.05) is 6.61 Å². The molecule has 1 amide bonds. The lowest BCUT2D eigenvalue weighted by Gasteiger charge is -2.25. The molecule has 2 unspecified atom stereocenters. The van der Waals surface area contributed by atoms with Crippen LogP contribution in [0.2, 0.25) is 0 Å². The van der Waals surface area contributed by atoms with Crippen LogP contribution in [0, 0.1) is 0 Å². The summed E-state index contributed by atoms with van der Waals surface area (Å²) in [5, 5.41) is 12.8. The van der Waals surface area contributed by atoms with E-state index in [0.29, 0.717) is 0 Å². The van der Waals surface area contributed by atoms with Gasteiger partial charge in [-0.3, -0.25) is 23.5 Å². The van der Waals surface area contributed by atoms with Crippen molar-refractivity contribution in [3.8, 4) is 11.6 Å². The minimum absolute atomic E-state index is 0.141. The summed E-state index contributed by atoms with van der Waals surface area (Å²) in [5.74, 6) is -3.35. The van der Waals surface area contributed by atoms with Gasteiger partial charge in [-0.05, 0) is 39.8 Å². The van der Waals surface area contributed by atoms with Gasteiger partial charge in [0.15, 0.2) is 17.7 Å². The molecule has 2 heterocycles. The molecule has 1 aromatic heterocycles. The molecule has 0 bridgehead atoms. The highest BCUT2D eigenvalue weighted by Crippen LogP contribution is 2.46. The van der Waals surface area contributed by atoms with Crippen LogP contribution in [0.15, 0.2) is 48.8 Å². The summed E-state index contributed by atoms with van der Waals surface area (Å²) >= 11 is 0. The van der Waals surface area contributed by atoms with Crippen LogP contribution in [0.1, 0.15) is 57.3 Å². The minimum atomic E-state index is -4.40. The minimum Gasteiger partial charge on any atom is -0.493 e. The van der Waals surface area contributed by atoms with Gasteiger partial charge in [0, 0.05) is 6.42 Å². The number of benzene rings is 1. The third-order valence-electron chi connectivity index (χ3n) is 5.56. The largest absolute Gasteiger partial charge is 0.493 e. The predicted molar refractivity (Wildman–Crippen MR) is 150 cm³/mol. The number of primary amides is 1. The fourth-order valence-electron chi connectivity index (χ4n) is 3.80. The second-order valence-electron chi connectivity index (χ2n) is 9.93. The van der Waals surface area contributed by atoms with E-state index in [1.54, 1.807) is 45.9 Å². The summed E-state index contributed by atoms with van der Waals surface area (Å²) in [6.07, 6.45) is 0.118. The molecule has 43 heavy (non-hydrogen) atoms. The second-order valence-corrected chi connectivity index (χ2v) is 11.6. The number of aromatic nitrogens is 2. The Balaban J connectivity index is 1.79. The molecular formula is C27H35N4O11P. The molecule has 1 saturated heterocycles. The molecule has 0 aliphatic carbocycles. The Morgan fingerprint density at radius 1 is 1.19 bits per heavy atom. The van der Waals surface area contributed by atoms with Gasteiger partial charge in [-0.25, -0.2) is 14.3 Å². The van der Waals surface area contributed by atoms with Gasteiger partial charge in [-0.1, -0.05) is 30.4 Å². The molecule has 16 heteroatoms. The van der Waals surface area contributed by atoms with E-state index in [1.807, 2.05) is 0 Å². The number of ketones is 1. The maximum atomic E-state index is 14.0. The van der Waals surface area contributed by atoms with Gasteiger partial charge < -0.3 is 29.6 Å². The molecule has 1 aliphatic heterocycles. The number of imidazole rings is 1. The fraction of sp³-hybridized carbons (Fsp3) is 0.444. The Labute approximate surface area is 247 Å². The first-order valence-electron chi connectivity index (χ1n) is 13.4. The van der Waals surface area contributed by atoms with Crippen molar-refractivity contribution in [1.29, 1.82) is 0 Å². The number of hydrogen-bond acceptors (Lipinski definition) is 12. The standard InChI is InChI=1S/C27H35N4O11P/c1-16(2)39-22(33)12-8-11-20(27(36)40-17(3)4)30-43(37,42-18-9-6-5-7-10-18)38-14-19-13-21(32)26(41-19)31-15-29-23(24(28)34)25(31)35/h5-11,15-17,19-20,26,35H,12-14H2,1-4H3,(H2,28,34)(H,30,37)/b11-8+/t19-,20?,26+,43?/m0/s1. The molecule has 0 radical (unpaired) electrons. The fourth-order valence-corrected chi connectivity index (χ4v) is 5.28. The van der Waals surface area contributed by atoms with Gasteiger partial charge in [0.25, 0.3) is 5.91 Å². The van der Waals surface area contributed by atoms with Crippen LogP contribution < -0.4 is 15.3 Å². The van der Waals surface area contributed by atoms with Crippen molar-refractivity contribution in [3.05, 3.63) is 54.5 Å². The van der Waals surface area contributed by atoms with Crippen LogP contribution in [0.5, 0.6) is 11.6 Å². The number of carbonyl (C=O) groups is 4. The summed E-state index contributed by atoms with van der Waals surface area (Å²) in [6, 6.07) is 6.62. The SMILES string of the molecule is CC(C)OC(=O)C/C=C/C(NP(=O)(OC[C@@H]1CC(=O)[C@H](n2cnc(C(N)=O)c2O)O1)Oc1ccccc1)C(=O)OC(C)C. The van der Waals surface area contributed by atoms with E-state index in [-0.39, 0.29) is 24.7 Å². The average Bonchev–Trinajstić information content (AvgIpc) is 3.48. The van der Waals surface area contributed by atoms with Crippen LogP contribution >= 0.6 is 7.75 Å². The van der Waals surface area contributed by atoms with Gasteiger partial charge in [0.05, 0.1) is 31.3 Å². The lowest BCUT2D eigenvalue weighted by Crippen LogP contribution is -2.37. The molecule has 1 aliphatic rings. The number of esters is 2. The highest BCUT2D eigenvalue weighted by molar-refractivity contribution is 7.52. The van der Waals surface area contributed by atoms with Gasteiger partial charge in [0.2, 0.25) is 5.88 Å². The molecule has 4 atom stereocenters. The molecule has 1 fully saturated rings. The van der Waals surface area contributed by atoms with Crippen LogP contribution in [0.3, 0.4) is 0 Å². The number of ether oxygens (including phenoxy) is 3. The van der Waals surface area contributed by atoms with Crippen molar-refractivity contribution in [3.63, 3.8) is 0 Å². The number of nitrogens with zero attached hydrogens (tertiary/aromatic N) is 2. The Morgan fingerprint density at radius 3 is 2.47 bits per heavy atom. The summed E-state index contributed by atoms with van der Waals surface area (Å²) in [5.41, 5.74) is 4.73. The van der Waals surface area contributed by atoms with Gasteiger partial charge in [-0.15, -0.1) is 0 Å². The van der Waals surface area contributed by atoms with Crippen molar-refractivity contribution >= 4 is 31.4 Å². The molecule has 1 aromatic carbocycles. The third kappa shape index (κ3) is 9.75. The number of Topliss-reactive ketones (excluding diaryl/α,β-unsaturated/α-hetero) is 1. The first-order chi connectivity index (χ1) is 20.3. The molecule has 4 N–H and O–H groups in total. The van der Waals surface area contributed by atoms with Crippen LogP contribution in [0.25, 0.3) is 0 Å². The summed E-state index contributed by atoms with van der Waals surface area (Å²) in [7, 11) is -4.40. The summed E-state index contributed by atoms with van der Waals surface area (Å²) in [4.78, 5) is 52.6. The highest BCUT2D eigenvalue weighted by atomic mass is 31.2. The molecule has 234 valence electrons. The van der Waals surface area contributed by atoms with Crippen molar-refractivity contribution in [2.45, 2.75) is 71.1 Å². The van der Waals surface area contributed by atoms with Crippen molar-refractivity contribution in [2.24, 2.45) is 5.73 Å². The van der Waals surface area contributed by atoms with E-state index in [9.17, 15) is 28.8 Å². The second kappa shape index (κ2) is 14.9. The van der Waals surface area contributed by atoms with Crippen LogP contribution in [0.4, 0.5) is 0 Å². The zero-order valence-corrected chi connectivity index (χ0v) is 25.0. The predicted octanol–water partition coefficient (Wildman–Crippen LogP) is 2.56. The Morgan fingerprint density at radius 2 is 1.86 bits per heavy atom. The number of aromatic hydroxyl groups is 1. The highest BCUT2D eigenvalue weighted by Gasteiger charge is 2.40. The van der Waals surface area contributed by atoms with E-state index >= 15 is 0 Å². The number of rotatable bonds is 15. The molecule has 15 nitrogen and oxygen atoms in total. The van der Waals surface area contributed by atoms with E-state index < -0.39 is 74.0 Å². The molecule has 2 aromatic rings. The quantitative estimate of drug-likeness (QED) is 0.148. The Kier molecular flexibility index (Phi) is 11.6. The molecule has 0 saturated carbocycles. The smallest absolute Gasteiger partial charge is 0.459 e. The zero-order valence-electron chi connectivity index (χ0n) is 24.1. The monoisotopic (exact) mass is 622 g/mol. The van der Waals surface area contributed by atoms with Crippen molar-refractivity contribution in [1.82, 2.24) is 14.6 Å². The summed E-state index contributed by atoms with van der Waals surface area (Å²) in [6.45, 7) is 6.20. The van der Waals surface area contributed by atoms with E-state index in [0.717, 1.165) is 10.9 Å². The summed E-state index contributed by atoms with van der Waals surface area (Å²) < 4.78 is 42.3. The maximum Gasteiger partial charge on any atom is 0.459 e. The number of para-hydroxylation sites is 1. The van der Waals surface area contributed by atoms with Gasteiger partial charge in [-0.2, -0.15) is 5.09 Å². The molecular weight excluding hydrogens is 587 g/mol. The normalized spacial score (nSPS) is 19.0. The number of amides is 1. The lowest BCUT2D eigenvalue weighted by atomic mass is 10.2. The van der Waals surface area contributed by atoms with Crippen LogP contribution in [-0.4, -0.2) is 69.2 Å². The number of nitrogens with one attached hydrogen (secondary N) is 1. The van der Waals surface area contributed by atoms with E-state index in [1.165, 1.54) is 24.3 Å². The van der Waals surface area contributed by atoms with Crippen LogP contribution in [-0.2, 0) is 37.7 Å². The van der Waals surface area contributed by atoms with Crippen molar-refractivity contribution < 1.29 is 52.1 Å². The first-order valence-corrected chi connectivity index (χ1v) is 14.9. The topological polar surface area (TPSA) is 208 Å². The third-order valence-corrected chi connectivity index (χ3v) is 7.10. The molecule has 0 spiro atoms.